The minimum absolute atomic E-state index is 0.0282. The molecule has 0 aromatic heterocycles. The van der Waals surface area contributed by atoms with E-state index in [-0.39, 0.29) is 18.3 Å². The van der Waals surface area contributed by atoms with Gasteiger partial charge in [-0.2, -0.15) is 0 Å². The highest BCUT2D eigenvalue weighted by molar-refractivity contribution is 7.89. The van der Waals surface area contributed by atoms with Crippen LogP contribution in [-0.2, 0) is 21.4 Å². The van der Waals surface area contributed by atoms with Crippen molar-refractivity contribution in [3.8, 4) is 0 Å². The van der Waals surface area contributed by atoms with Crippen LogP contribution in [0.25, 0.3) is 0 Å². The molecule has 0 unspecified atom stereocenters. The first kappa shape index (κ1) is 18.9. The van der Waals surface area contributed by atoms with Gasteiger partial charge in [0.05, 0.1) is 12.3 Å². The first-order valence-electron chi connectivity index (χ1n) is 8.31. The van der Waals surface area contributed by atoms with Crippen LogP contribution >= 0.6 is 0 Å². The number of carboxylic acids is 1. The summed E-state index contributed by atoms with van der Waals surface area (Å²) in [6.07, 6.45) is 1.33. The van der Waals surface area contributed by atoms with Crippen LogP contribution in [-0.4, -0.2) is 60.1 Å². The monoisotopic (exact) mass is 354 g/mol. The number of rotatable bonds is 7. The number of hydrogen-bond donors (Lipinski definition) is 1. The van der Waals surface area contributed by atoms with Crippen LogP contribution in [0, 0.1) is 6.92 Å². The van der Waals surface area contributed by atoms with E-state index in [0.717, 1.165) is 11.1 Å². The molecule has 6 nitrogen and oxygen atoms in total. The third-order valence-corrected chi connectivity index (χ3v) is 6.55. The molecule has 1 aliphatic heterocycles. The lowest BCUT2D eigenvalue weighted by atomic mass is 10.0. The zero-order valence-corrected chi connectivity index (χ0v) is 15.1. The molecule has 2 rings (SSSR count). The fourth-order valence-electron chi connectivity index (χ4n) is 3.16. The van der Waals surface area contributed by atoms with Crippen molar-refractivity contribution in [3.63, 3.8) is 0 Å². The molecule has 1 saturated heterocycles. The second kappa shape index (κ2) is 8.09. The van der Waals surface area contributed by atoms with Gasteiger partial charge in [0.25, 0.3) is 0 Å². The smallest absolute Gasteiger partial charge is 0.317 e. The zero-order chi connectivity index (χ0) is 17.7. The van der Waals surface area contributed by atoms with Gasteiger partial charge in [-0.05, 0) is 37.8 Å². The molecule has 1 aromatic carbocycles. The highest BCUT2D eigenvalue weighted by Crippen LogP contribution is 2.22. The fourth-order valence-corrected chi connectivity index (χ4v) is 4.29. The molecule has 0 amide bonds. The first-order chi connectivity index (χ1) is 11.3. The molecule has 1 aromatic rings. The van der Waals surface area contributed by atoms with E-state index in [9.17, 15) is 18.3 Å². The summed E-state index contributed by atoms with van der Waals surface area (Å²) in [6, 6.07) is 8.04. The predicted octanol–water partition coefficient (Wildman–Crippen LogP) is 1.70. The van der Waals surface area contributed by atoms with Gasteiger partial charge in [0.15, 0.2) is 0 Å². The Bertz CT molecular complexity index is 667. The van der Waals surface area contributed by atoms with Gasteiger partial charge in [0, 0.05) is 25.7 Å². The Hall–Kier alpha value is -1.44. The number of carboxylic acid groups (broad SMARTS) is 1. The topological polar surface area (TPSA) is 77.9 Å². The quantitative estimate of drug-likeness (QED) is 0.806. The van der Waals surface area contributed by atoms with Crippen LogP contribution in [0.2, 0.25) is 0 Å². The molecule has 134 valence electrons. The van der Waals surface area contributed by atoms with Crippen molar-refractivity contribution in [2.75, 3.05) is 25.4 Å². The Labute approximate surface area is 144 Å². The van der Waals surface area contributed by atoms with Crippen LogP contribution in [0.15, 0.2) is 24.3 Å². The molecular weight excluding hydrogens is 328 g/mol. The zero-order valence-electron chi connectivity index (χ0n) is 14.3. The average molecular weight is 354 g/mol. The van der Waals surface area contributed by atoms with Gasteiger partial charge in [-0.15, -0.1) is 0 Å². The van der Waals surface area contributed by atoms with Gasteiger partial charge >= 0.3 is 5.97 Å². The maximum absolute atomic E-state index is 12.0. The number of piperidine rings is 1. The van der Waals surface area contributed by atoms with Crippen molar-refractivity contribution in [1.82, 2.24) is 9.21 Å². The van der Waals surface area contributed by atoms with Crippen molar-refractivity contribution in [3.05, 3.63) is 35.4 Å². The summed E-state index contributed by atoms with van der Waals surface area (Å²) in [5.74, 6) is -0.744. The van der Waals surface area contributed by atoms with Crippen molar-refractivity contribution in [1.29, 1.82) is 0 Å². The van der Waals surface area contributed by atoms with E-state index in [1.165, 1.54) is 4.31 Å². The lowest BCUT2D eigenvalue weighted by Crippen LogP contribution is -2.48. The molecule has 1 aliphatic rings. The largest absolute Gasteiger partial charge is 0.480 e. The fraction of sp³-hybridized carbons (Fsp3) is 0.588. The van der Waals surface area contributed by atoms with E-state index in [0.29, 0.717) is 32.5 Å². The van der Waals surface area contributed by atoms with E-state index >= 15 is 0 Å². The van der Waals surface area contributed by atoms with E-state index in [4.69, 9.17) is 0 Å². The summed E-state index contributed by atoms with van der Waals surface area (Å²) in [5, 5.41) is 9.23. The van der Waals surface area contributed by atoms with Gasteiger partial charge in [-0.3, -0.25) is 9.69 Å². The number of hydrogen-bond acceptors (Lipinski definition) is 4. The normalized spacial score (nSPS) is 17.3. The first-order valence-corrected chi connectivity index (χ1v) is 9.92. The summed E-state index contributed by atoms with van der Waals surface area (Å²) in [7, 11) is -3.16. The van der Waals surface area contributed by atoms with E-state index in [1.807, 2.05) is 36.1 Å². The standard InChI is InChI=1S/C17H26N2O4S/c1-3-24(22,23)19-10-8-16(9-11-19)18(13-17(20)21)12-15-7-5-4-6-14(15)2/h4-7,16H,3,8-13H2,1-2H3,(H,20,21). The number of aliphatic carboxylic acids is 1. The molecule has 1 heterocycles. The molecule has 1 fully saturated rings. The van der Waals surface area contributed by atoms with E-state index in [1.54, 1.807) is 6.92 Å². The Morgan fingerprint density at radius 2 is 1.92 bits per heavy atom. The predicted molar refractivity (Wildman–Crippen MR) is 93.3 cm³/mol. The summed E-state index contributed by atoms with van der Waals surface area (Å²) >= 11 is 0. The minimum Gasteiger partial charge on any atom is -0.480 e. The van der Waals surface area contributed by atoms with Crippen LogP contribution in [0.1, 0.15) is 30.9 Å². The van der Waals surface area contributed by atoms with Gasteiger partial charge in [-0.25, -0.2) is 12.7 Å². The highest BCUT2D eigenvalue weighted by Gasteiger charge is 2.30. The Balaban J connectivity index is 2.07. The minimum atomic E-state index is -3.16. The van der Waals surface area contributed by atoms with Gasteiger partial charge in [0.2, 0.25) is 10.0 Å². The number of nitrogens with zero attached hydrogens (tertiary/aromatic N) is 2. The van der Waals surface area contributed by atoms with Crippen molar-refractivity contribution in [2.24, 2.45) is 0 Å². The number of benzene rings is 1. The highest BCUT2D eigenvalue weighted by atomic mass is 32.2. The number of aryl methyl sites for hydroxylation is 1. The molecule has 1 N–H and O–H groups in total. The molecule has 0 saturated carbocycles. The molecule has 24 heavy (non-hydrogen) atoms. The van der Waals surface area contributed by atoms with Gasteiger partial charge in [0.1, 0.15) is 0 Å². The third-order valence-electron chi connectivity index (χ3n) is 4.67. The van der Waals surface area contributed by atoms with Gasteiger partial charge < -0.3 is 5.11 Å². The SMILES string of the molecule is CCS(=O)(=O)N1CCC(N(CC(=O)O)Cc2ccccc2C)CC1. The summed E-state index contributed by atoms with van der Waals surface area (Å²) in [4.78, 5) is 13.2. The second-order valence-corrected chi connectivity index (χ2v) is 8.51. The van der Waals surface area contributed by atoms with Crippen molar-refractivity contribution in [2.45, 2.75) is 39.3 Å². The Morgan fingerprint density at radius 3 is 2.46 bits per heavy atom. The maximum Gasteiger partial charge on any atom is 0.317 e. The lowest BCUT2D eigenvalue weighted by molar-refractivity contribution is -0.139. The number of sulfonamides is 1. The third kappa shape index (κ3) is 4.78. The Morgan fingerprint density at radius 1 is 1.29 bits per heavy atom. The van der Waals surface area contributed by atoms with Crippen LogP contribution < -0.4 is 0 Å². The molecule has 7 heteroatoms. The van der Waals surface area contributed by atoms with Crippen molar-refractivity contribution < 1.29 is 18.3 Å². The number of carbonyl (C=O) groups is 1. The van der Waals surface area contributed by atoms with E-state index in [2.05, 4.69) is 0 Å². The molecule has 0 radical (unpaired) electrons. The van der Waals surface area contributed by atoms with Crippen molar-refractivity contribution >= 4 is 16.0 Å². The van der Waals surface area contributed by atoms with E-state index < -0.39 is 16.0 Å². The summed E-state index contributed by atoms with van der Waals surface area (Å²) in [6.45, 7) is 5.14. The summed E-state index contributed by atoms with van der Waals surface area (Å²) < 4.78 is 25.4. The Kier molecular flexibility index (Phi) is 6.37. The second-order valence-electron chi connectivity index (χ2n) is 6.26. The summed E-state index contributed by atoms with van der Waals surface area (Å²) in [5.41, 5.74) is 2.25. The molecule has 0 aliphatic carbocycles. The lowest BCUT2D eigenvalue weighted by Gasteiger charge is -2.37. The molecule has 0 spiro atoms. The molecule has 0 bridgehead atoms. The maximum atomic E-state index is 12.0. The van der Waals surface area contributed by atoms with Crippen LogP contribution in [0.3, 0.4) is 0 Å². The van der Waals surface area contributed by atoms with Crippen LogP contribution in [0.5, 0.6) is 0 Å². The molecular formula is C17H26N2O4S. The average Bonchev–Trinajstić information content (AvgIpc) is 2.56. The van der Waals surface area contributed by atoms with Crippen LogP contribution in [0.4, 0.5) is 0 Å². The molecule has 0 atom stereocenters. The van der Waals surface area contributed by atoms with Gasteiger partial charge in [-0.1, -0.05) is 24.3 Å².